The zero-order valence-electron chi connectivity index (χ0n) is 8.13. The molecule has 0 heterocycles. The van der Waals surface area contributed by atoms with Gasteiger partial charge in [-0.1, -0.05) is 0 Å². The van der Waals surface area contributed by atoms with Crippen LogP contribution in [-0.4, -0.2) is 21.3 Å². The van der Waals surface area contributed by atoms with Crippen molar-refractivity contribution >= 4 is 8.32 Å². The molecule has 0 atom stereocenters. The fraction of sp³-hybridized carbons (Fsp3) is 1.00. The Balaban J connectivity index is 3.86. The van der Waals surface area contributed by atoms with Gasteiger partial charge in [-0.3, -0.25) is 0 Å². The molecule has 0 amide bonds. The molecule has 0 aromatic carbocycles. The van der Waals surface area contributed by atoms with Gasteiger partial charge in [-0.15, -0.1) is 0 Å². The van der Waals surface area contributed by atoms with Crippen LogP contribution in [0.4, 0.5) is 0 Å². The Bertz CT molecular complexity index is 134. The van der Waals surface area contributed by atoms with Gasteiger partial charge in [-0.25, -0.2) is 0 Å². The molecule has 0 aliphatic carbocycles. The molecule has 0 radical (unpaired) electrons. The van der Waals surface area contributed by atoms with Gasteiger partial charge in [0.25, 0.3) is 0 Å². The van der Waals surface area contributed by atoms with E-state index in [2.05, 4.69) is 0 Å². The van der Waals surface area contributed by atoms with Crippen molar-refractivity contribution in [3.05, 3.63) is 0 Å². The summed E-state index contributed by atoms with van der Waals surface area (Å²) in [6.45, 7) is 7.99. The van der Waals surface area contributed by atoms with Crippen molar-refractivity contribution in [2.45, 2.75) is 33.0 Å². The molecule has 74 valence electrons. The first kappa shape index (κ1) is 12.9. The van der Waals surface area contributed by atoms with Gasteiger partial charge >= 0.3 is 81.6 Å². The molecule has 0 aromatic heterocycles. The molecular formula is C6H18O4SiZr. The Kier molecular flexibility index (Phi) is 5.37. The third kappa shape index (κ3) is 7.58. The predicted molar refractivity (Wildman–Crippen MR) is 45.1 cm³/mol. The van der Waals surface area contributed by atoms with Crippen LogP contribution in [0.3, 0.4) is 0 Å². The quantitative estimate of drug-likeness (QED) is 0.736. The first-order chi connectivity index (χ1) is 5.27. The fourth-order valence-corrected chi connectivity index (χ4v) is 8.99. The minimum absolute atomic E-state index is 0.369. The van der Waals surface area contributed by atoms with E-state index in [1.165, 1.54) is 0 Å². The van der Waals surface area contributed by atoms with Gasteiger partial charge in [-0.2, -0.15) is 0 Å². The molecule has 0 saturated carbocycles. The van der Waals surface area contributed by atoms with E-state index < -0.39 is 30.3 Å². The number of hydrogen-bond acceptors (Lipinski definition) is 4. The van der Waals surface area contributed by atoms with E-state index in [4.69, 9.17) is 5.32 Å². The summed E-state index contributed by atoms with van der Waals surface area (Å²) in [7, 11) is -1.87. The van der Waals surface area contributed by atoms with Crippen molar-refractivity contribution in [1.82, 2.24) is 0 Å². The van der Waals surface area contributed by atoms with Crippen LogP contribution < -0.4 is 0 Å². The van der Waals surface area contributed by atoms with Crippen LogP contribution in [0.2, 0.25) is 19.6 Å². The molecule has 0 bridgehead atoms. The maximum absolute atomic E-state index is 9.34. The van der Waals surface area contributed by atoms with Gasteiger partial charge in [0.15, 0.2) is 0 Å². The Hall–Kier alpha value is 0.940. The van der Waals surface area contributed by atoms with Gasteiger partial charge in [0.2, 0.25) is 0 Å². The third-order valence-electron chi connectivity index (χ3n) is 0.933. The van der Waals surface area contributed by atoms with Crippen LogP contribution in [0.5, 0.6) is 0 Å². The van der Waals surface area contributed by atoms with Gasteiger partial charge in [-0.05, 0) is 0 Å². The van der Waals surface area contributed by atoms with Crippen molar-refractivity contribution in [3.63, 3.8) is 0 Å². The summed E-state index contributed by atoms with van der Waals surface area (Å²) in [4.78, 5) is 0. The molecule has 0 fully saturated rings. The number of rotatable bonds is 5. The summed E-state index contributed by atoms with van der Waals surface area (Å²) in [5.41, 5.74) is 0. The summed E-state index contributed by atoms with van der Waals surface area (Å²) >= 11 is -4.51. The monoisotopic (exact) mass is 272 g/mol. The fourth-order valence-electron chi connectivity index (χ4n) is 0.663. The Morgan fingerprint density at radius 2 is 1.75 bits per heavy atom. The van der Waals surface area contributed by atoms with Crippen LogP contribution in [-0.2, 0) is 27.3 Å². The molecule has 0 aromatic rings. The van der Waals surface area contributed by atoms with E-state index >= 15 is 0 Å². The molecule has 0 aliphatic rings. The Labute approximate surface area is 81.5 Å². The summed E-state index contributed by atoms with van der Waals surface area (Å²) in [5.74, 6) is 0. The van der Waals surface area contributed by atoms with Crippen LogP contribution in [0, 0.1) is 0 Å². The van der Waals surface area contributed by atoms with E-state index in [-0.39, 0.29) is 0 Å². The zero-order chi connectivity index (χ0) is 9.83. The second-order valence-corrected chi connectivity index (χ2v) is 13.0. The molecule has 0 saturated heterocycles. The van der Waals surface area contributed by atoms with Gasteiger partial charge < -0.3 is 0 Å². The van der Waals surface area contributed by atoms with Crippen LogP contribution in [0.15, 0.2) is 0 Å². The van der Waals surface area contributed by atoms with Crippen LogP contribution >= 0.6 is 0 Å². The maximum atomic E-state index is 9.34. The average molecular weight is 274 g/mol. The van der Waals surface area contributed by atoms with Gasteiger partial charge in [0, 0.05) is 0 Å². The SMILES string of the molecule is CCC[O][Zr]([OH])([OH])[O][Si](C)(C)C. The summed E-state index contributed by atoms with van der Waals surface area (Å²) < 4.78 is 28.7. The average Bonchev–Trinajstić information content (AvgIpc) is 1.78. The molecular weight excluding hydrogens is 255 g/mol. The molecule has 2 N–H and O–H groups in total. The van der Waals surface area contributed by atoms with Gasteiger partial charge in [0.1, 0.15) is 0 Å². The van der Waals surface area contributed by atoms with Crippen molar-refractivity contribution < 1.29 is 33.7 Å². The van der Waals surface area contributed by atoms with E-state index in [1.807, 2.05) is 26.6 Å². The van der Waals surface area contributed by atoms with Crippen molar-refractivity contribution in [1.29, 1.82) is 0 Å². The van der Waals surface area contributed by atoms with E-state index in [0.717, 1.165) is 6.42 Å². The molecule has 0 spiro atoms. The first-order valence-electron chi connectivity index (χ1n) is 4.06. The van der Waals surface area contributed by atoms with Crippen LogP contribution in [0.1, 0.15) is 13.3 Å². The predicted octanol–water partition coefficient (Wildman–Crippen LogP) is 1.06. The topological polar surface area (TPSA) is 58.9 Å². The van der Waals surface area contributed by atoms with Crippen molar-refractivity contribution in [3.8, 4) is 0 Å². The van der Waals surface area contributed by atoms with Gasteiger partial charge in [0.05, 0.1) is 0 Å². The van der Waals surface area contributed by atoms with E-state index in [1.54, 1.807) is 0 Å². The molecule has 12 heavy (non-hydrogen) atoms. The Morgan fingerprint density at radius 3 is 2.08 bits per heavy atom. The van der Waals surface area contributed by atoms with Crippen molar-refractivity contribution in [2.24, 2.45) is 0 Å². The molecule has 0 unspecified atom stereocenters. The third-order valence-corrected chi connectivity index (χ3v) is 9.71. The van der Waals surface area contributed by atoms with Crippen molar-refractivity contribution in [2.75, 3.05) is 6.61 Å². The minimum atomic E-state index is -4.51. The Morgan fingerprint density at radius 1 is 1.25 bits per heavy atom. The summed E-state index contributed by atoms with van der Waals surface area (Å²) in [6, 6.07) is 0. The second kappa shape index (κ2) is 4.98. The molecule has 4 nitrogen and oxygen atoms in total. The summed E-state index contributed by atoms with van der Waals surface area (Å²) in [5, 5.41) is 0. The summed E-state index contributed by atoms with van der Waals surface area (Å²) in [6.07, 6.45) is 0.773. The zero-order valence-corrected chi connectivity index (χ0v) is 11.6. The second-order valence-electron chi connectivity index (χ2n) is 3.61. The normalized spacial score (nSPS) is 13.5. The standard InChI is InChI=1S/C3H9OSi.C3H7O.2H2O.Zr/c1-5(2,3)4;1-2-3-4;;;/h1-3H3;2-3H2,1H3;2*1H2;/q2*-1;;;+4/p-2. The molecule has 0 rings (SSSR count). The first-order valence-corrected chi connectivity index (χ1v) is 11.7. The molecule has 6 heteroatoms. The molecule has 0 aliphatic heterocycles. The van der Waals surface area contributed by atoms with E-state index in [0.29, 0.717) is 6.61 Å². The number of hydrogen-bond donors (Lipinski definition) is 2. The van der Waals surface area contributed by atoms with E-state index in [9.17, 15) is 6.37 Å². The van der Waals surface area contributed by atoms with Crippen LogP contribution in [0.25, 0.3) is 0 Å².